The average molecular weight is 180 g/mol. The normalized spacial score (nSPS) is 26.8. The van der Waals surface area contributed by atoms with Gasteiger partial charge >= 0.3 is 0 Å². The molecule has 0 aromatic rings. The Labute approximate surface area is 79.2 Å². The van der Waals surface area contributed by atoms with Crippen LogP contribution in [-0.2, 0) is 9.47 Å². The molecule has 0 bridgehead atoms. The van der Waals surface area contributed by atoms with Gasteiger partial charge in [0.2, 0.25) is 0 Å². The van der Waals surface area contributed by atoms with Crippen LogP contribution < -0.4 is 0 Å². The molecule has 2 nitrogen and oxygen atoms in total. The van der Waals surface area contributed by atoms with Crippen LogP contribution in [0.25, 0.3) is 0 Å². The molecule has 0 atom stereocenters. The molecule has 0 unspecified atom stereocenters. The van der Waals surface area contributed by atoms with Gasteiger partial charge in [0.1, 0.15) is 0 Å². The van der Waals surface area contributed by atoms with Crippen LogP contribution in [0.1, 0.15) is 26.2 Å². The second-order valence-electron chi connectivity index (χ2n) is 3.79. The monoisotopic (exact) mass is 180 g/mol. The average Bonchev–Trinajstić information content (AvgIpc) is 2.59. The predicted octanol–water partition coefficient (Wildman–Crippen LogP) is 2.42. The van der Waals surface area contributed by atoms with Crippen molar-refractivity contribution in [2.45, 2.75) is 32.0 Å². The fourth-order valence-corrected chi connectivity index (χ4v) is 2.06. The van der Waals surface area contributed by atoms with Crippen molar-refractivity contribution in [1.82, 2.24) is 0 Å². The summed E-state index contributed by atoms with van der Waals surface area (Å²) >= 11 is 0. The third kappa shape index (κ3) is 1.56. The largest absolute Gasteiger partial charge is 0.347 e. The molecule has 72 valence electrons. The summed E-state index contributed by atoms with van der Waals surface area (Å²) in [5.41, 5.74) is 2.73. The van der Waals surface area contributed by atoms with Crippen molar-refractivity contribution in [1.29, 1.82) is 0 Å². The Hall–Kier alpha value is -0.600. The van der Waals surface area contributed by atoms with Crippen molar-refractivity contribution in [3.63, 3.8) is 0 Å². The fourth-order valence-electron chi connectivity index (χ4n) is 2.06. The first kappa shape index (κ1) is 8.97. The van der Waals surface area contributed by atoms with Crippen LogP contribution >= 0.6 is 0 Å². The maximum atomic E-state index is 5.66. The van der Waals surface area contributed by atoms with E-state index in [0.29, 0.717) is 0 Å². The van der Waals surface area contributed by atoms with Gasteiger partial charge in [0, 0.05) is 12.8 Å². The van der Waals surface area contributed by atoms with E-state index in [-0.39, 0.29) is 5.79 Å². The fraction of sp³-hybridized carbons (Fsp3) is 0.636. The first-order valence-electron chi connectivity index (χ1n) is 4.85. The van der Waals surface area contributed by atoms with Crippen LogP contribution in [0.15, 0.2) is 23.8 Å². The zero-order valence-corrected chi connectivity index (χ0v) is 8.14. The summed E-state index contributed by atoms with van der Waals surface area (Å²) in [6.07, 6.45) is 4.88. The quantitative estimate of drug-likeness (QED) is 0.617. The summed E-state index contributed by atoms with van der Waals surface area (Å²) in [5, 5.41) is 0. The van der Waals surface area contributed by atoms with E-state index in [9.17, 15) is 0 Å². The maximum Gasteiger partial charge on any atom is 0.172 e. The van der Waals surface area contributed by atoms with Crippen molar-refractivity contribution >= 4 is 0 Å². The van der Waals surface area contributed by atoms with Crippen LogP contribution in [0.3, 0.4) is 0 Å². The minimum atomic E-state index is -0.303. The molecule has 2 aliphatic rings. The number of hydrogen-bond donors (Lipinski definition) is 0. The second kappa shape index (κ2) is 3.28. The van der Waals surface area contributed by atoms with E-state index in [4.69, 9.17) is 9.47 Å². The van der Waals surface area contributed by atoms with Gasteiger partial charge in [-0.2, -0.15) is 0 Å². The summed E-state index contributed by atoms with van der Waals surface area (Å²) < 4.78 is 11.3. The summed E-state index contributed by atoms with van der Waals surface area (Å²) in [4.78, 5) is 0. The van der Waals surface area contributed by atoms with Gasteiger partial charge in [-0.1, -0.05) is 18.2 Å². The first-order chi connectivity index (χ1) is 6.26. The van der Waals surface area contributed by atoms with Crippen molar-refractivity contribution in [2.24, 2.45) is 0 Å². The minimum Gasteiger partial charge on any atom is -0.347 e. The molecule has 2 heteroatoms. The number of allylic oxidation sites excluding steroid dienone is 2. The Kier molecular flexibility index (Phi) is 2.26. The minimum absolute atomic E-state index is 0.303. The lowest BCUT2D eigenvalue weighted by atomic mass is 9.88. The molecule has 1 fully saturated rings. The van der Waals surface area contributed by atoms with Gasteiger partial charge in [-0.25, -0.2) is 0 Å². The Morgan fingerprint density at radius 3 is 2.69 bits per heavy atom. The van der Waals surface area contributed by atoms with Crippen LogP contribution in [0, 0.1) is 0 Å². The third-order valence-electron chi connectivity index (χ3n) is 2.95. The molecule has 1 spiro atoms. The molecule has 0 N–H and O–H groups in total. The van der Waals surface area contributed by atoms with Gasteiger partial charge in [0.05, 0.1) is 13.2 Å². The Bertz CT molecular complexity index is 247. The highest BCUT2D eigenvalue weighted by Gasteiger charge is 2.39. The molecule has 0 radical (unpaired) electrons. The standard InChI is InChI=1S/C11H16O2/c1-3-10-8-11(5-4-9(10)2)12-6-7-13-11/h3H,1,4-8H2,2H3. The molecule has 0 aromatic heterocycles. The maximum absolute atomic E-state index is 5.66. The van der Waals surface area contributed by atoms with Crippen molar-refractivity contribution in [3.05, 3.63) is 23.8 Å². The molecule has 1 aliphatic heterocycles. The SMILES string of the molecule is C=CC1=C(C)CCC2(C1)OCCO2. The number of hydrogen-bond acceptors (Lipinski definition) is 2. The first-order valence-corrected chi connectivity index (χ1v) is 4.85. The molecule has 2 rings (SSSR count). The zero-order valence-electron chi connectivity index (χ0n) is 8.14. The molecular formula is C11H16O2. The van der Waals surface area contributed by atoms with E-state index in [1.165, 1.54) is 11.1 Å². The van der Waals surface area contributed by atoms with E-state index >= 15 is 0 Å². The van der Waals surface area contributed by atoms with Crippen LogP contribution in [0.2, 0.25) is 0 Å². The third-order valence-corrected chi connectivity index (χ3v) is 2.95. The number of rotatable bonds is 1. The van der Waals surface area contributed by atoms with Crippen molar-refractivity contribution in [3.8, 4) is 0 Å². The highest BCUT2D eigenvalue weighted by atomic mass is 16.7. The van der Waals surface area contributed by atoms with Crippen molar-refractivity contribution < 1.29 is 9.47 Å². The van der Waals surface area contributed by atoms with E-state index < -0.39 is 0 Å². The summed E-state index contributed by atoms with van der Waals surface area (Å²) in [5.74, 6) is -0.303. The lowest BCUT2D eigenvalue weighted by Gasteiger charge is -2.32. The lowest BCUT2D eigenvalue weighted by Crippen LogP contribution is -2.33. The summed E-state index contributed by atoms with van der Waals surface area (Å²) in [7, 11) is 0. The molecule has 1 aliphatic carbocycles. The second-order valence-corrected chi connectivity index (χ2v) is 3.79. The van der Waals surface area contributed by atoms with E-state index in [2.05, 4.69) is 13.5 Å². The Morgan fingerprint density at radius 1 is 1.38 bits per heavy atom. The molecule has 1 saturated heterocycles. The van der Waals surface area contributed by atoms with Gasteiger partial charge in [-0.3, -0.25) is 0 Å². The highest BCUT2D eigenvalue weighted by Crippen LogP contribution is 2.38. The van der Waals surface area contributed by atoms with Crippen LogP contribution in [0.5, 0.6) is 0 Å². The summed E-state index contributed by atoms with van der Waals surface area (Å²) in [6.45, 7) is 7.46. The lowest BCUT2D eigenvalue weighted by molar-refractivity contribution is -0.162. The molecule has 0 aromatic carbocycles. The molecule has 0 saturated carbocycles. The predicted molar refractivity (Wildman–Crippen MR) is 51.4 cm³/mol. The van der Waals surface area contributed by atoms with Crippen molar-refractivity contribution in [2.75, 3.05) is 13.2 Å². The molecule has 0 amide bonds. The molecule has 1 heterocycles. The van der Waals surface area contributed by atoms with E-state index in [0.717, 1.165) is 32.5 Å². The highest BCUT2D eigenvalue weighted by molar-refractivity contribution is 5.27. The van der Waals surface area contributed by atoms with Gasteiger partial charge in [0.25, 0.3) is 0 Å². The van der Waals surface area contributed by atoms with E-state index in [1.54, 1.807) is 0 Å². The number of ether oxygens (including phenoxy) is 2. The van der Waals surface area contributed by atoms with Gasteiger partial charge in [0.15, 0.2) is 5.79 Å². The smallest absolute Gasteiger partial charge is 0.172 e. The van der Waals surface area contributed by atoms with Crippen LogP contribution in [0.4, 0.5) is 0 Å². The summed E-state index contributed by atoms with van der Waals surface area (Å²) in [6, 6.07) is 0. The van der Waals surface area contributed by atoms with Gasteiger partial charge in [-0.15, -0.1) is 0 Å². The van der Waals surface area contributed by atoms with Crippen LogP contribution in [-0.4, -0.2) is 19.0 Å². The topological polar surface area (TPSA) is 18.5 Å². The Balaban J connectivity index is 2.17. The zero-order chi connectivity index (χ0) is 9.31. The Morgan fingerprint density at radius 2 is 2.08 bits per heavy atom. The molecule has 13 heavy (non-hydrogen) atoms. The van der Waals surface area contributed by atoms with Gasteiger partial charge < -0.3 is 9.47 Å². The van der Waals surface area contributed by atoms with E-state index in [1.807, 2.05) is 6.08 Å². The molecular weight excluding hydrogens is 164 g/mol. The van der Waals surface area contributed by atoms with Gasteiger partial charge in [-0.05, 0) is 18.9 Å².